The van der Waals surface area contributed by atoms with Crippen LogP contribution in [0, 0.1) is 5.82 Å². The second kappa shape index (κ2) is 6.70. The van der Waals surface area contributed by atoms with Crippen molar-refractivity contribution in [2.45, 2.75) is 19.4 Å². The Kier molecular flexibility index (Phi) is 4.47. The number of nitrogens with one attached hydrogen (secondary N) is 1. The molecule has 0 aliphatic heterocycles. The van der Waals surface area contributed by atoms with E-state index < -0.39 is 0 Å². The van der Waals surface area contributed by atoms with Crippen LogP contribution in [-0.2, 0) is 11.2 Å². The lowest BCUT2D eigenvalue weighted by Crippen LogP contribution is -2.28. The molecule has 7 heteroatoms. The molecule has 5 nitrogen and oxygen atoms in total. The van der Waals surface area contributed by atoms with Gasteiger partial charge in [0.2, 0.25) is 17.7 Å². The van der Waals surface area contributed by atoms with Crippen LogP contribution in [0.4, 0.5) is 4.39 Å². The number of hydrogen-bond donors (Lipinski definition) is 1. The van der Waals surface area contributed by atoms with E-state index in [1.54, 1.807) is 12.1 Å². The van der Waals surface area contributed by atoms with Gasteiger partial charge in [-0.25, -0.2) is 4.39 Å². The summed E-state index contributed by atoms with van der Waals surface area (Å²) in [5.74, 6) is 0.122. The molecule has 2 heterocycles. The lowest BCUT2D eigenvalue weighted by molar-refractivity contribution is -0.121. The molecule has 1 aromatic carbocycles. The maximum atomic E-state index is 12.9. The van der Waals surface area contributed by atoms with Crippen molar-refractivity contribution in [3.63, 3.8) is 0 Å². The van der Waals surface area contributed by atoms with Gasteiger partial charge in [0, 0.05) is 10.9 Å². The van der Waals surface area contributed by atoms with Gasteiger partial charge in [-0.05, 0) is 36.1 Å². The number of rotatable bonds is 5. The van der Waals surface area contributed by atoms with Gasteiger partial charge in [0.1, 0.15) is 12.2 Å². The van der Waals surface area contributed by atoms with E-state index in [1.165, 1.54) is 23.5 Å². The highest BCUT2D eigenvalue weighted by atomic mass is 32.1. The molecule has 0 aliphatic rings. The summed E-state index contributed by atoms with van der Waals surface area (Å²) in [6.45, 7) is 1.83. The second-order valence-electron chi connectivity index (χ2n) is 5.03. The molecule has 0 fully saturated rings. The summed E-state index contributed by atoms with van der Waals surface area (Å²) in [5, 5.41) is 14.4. The molecule has 1 atom stereocenters. The molecular weight excluding hydrogens is 317 g/mol. The average molecular weight is 331 g/mol. The van der Waals surface area contributed by atoms with Gasteiger partial charge >= 0.3 is 0 Å². The van der Waals surface area contributed by atoms with Gasteiger partial charge in [0.15, 0.2) is 0 Å². The van der Waals surface area contributed by atoms with Crippen LogP contribution in [0.2, 0.25) is 0 Å². The van der Waals surface area contributed by atoms with E-state index in [9.17, 15) is 9.18 Å². The Morgan fingerprint density at radius 3 is 2.78 bits per heavy atom. The highest BCUT2D eigenvalue weighted by Crippen LogP contribution is 2.20. The summed E-state index contributed by atoms with van der Waals surface area (Å²) in [6.07, 6.45) is 0.00265. The molecule has 3 rings (SSSR count). The minimum atomic E-state index is -0.306. The molecule has 1 amide bonds. The van der Waals surface area contributed by atoms with Gasteiger partial charge in [-0.15, -0.1) is 10.2 Å². The maximum absolute atomic E-state index is 12.9. The van der Waals surface area contributed by atoms with Crippen molar-refractivity contribution in [1.29, 1.82) is 0 Å². The van der Waals surface area contributed by atoms with Crippen LogP contribution >= 0.6 is 11.3 Å². The van der Waals surface area contributed by atoms with E-state index in [0.717, 1.165) is 11.1 Å². The number of benzene rings is 1. The van der Waals surface area contributed by atoms with Crippen LogP contribution in [0.3, 0.4) is 0 Å². The zero-order chi connectivity index (χ0) is 16.2. The van der Waals surface area contributed by atoms with Crippen molar-refractivity contribution < 1.29 is 13.6 Å². The summed E-state index contributed by atoms with van der Waals surface area (Å²) >= 11 is 1.53. The van der Waals surface area contributed by atoms with Crippen molar-refractivity contribution in [2.24, 2.45) is 0 Å². The Morgan fingerprint density at radius 1 is 1.30 bits per heavy atom. The predicted molar refractivity (Wildman–Crippen MR) is 84.3 cm³/mol. The van der Waals surface area contributed by atoms with Crippen molar-refractivity contribution >= 4 is 17.2 Å². The first-order valence-electron chi connectivity index (χ1n) is 7.01. The molecule has 0 saturated heterocycles. The number of halogens is 1. The van der Waals surface area contributed by atoms with Gasteiger partial charge in [0.05, 0.1) is 6.04 Å². The summed E-state index contributed by atoms with van der Waals surface area (Å²) in [5.41, 5.74) is 1.66. The fourth-order valence-electron chi connectivity index (χ4n) is 2.09. The Hall–Kier alpha value is -2.54. The van der Waals surface area contributed by atoms with Gasteiger partial charge in [0.25, 0.3) is 0 Å². The van der Waals surface area contributed by atoms with E-state index in [0.29, 0.717) is 5.89 Å². The summed E-state index contributed by atoms with van der Waals surface area (Å²) in [7, 11) is 0. The number of carbonyl (C=O) groups is 1. The molecular formula is C16H14FN3O2S. The van der Waals surface area contributed by atoms with E-state index in [1.807, 2.05) is 23.8 Å². The topological polar surface area (TPSA) is 68.0 Å². The summed E-state index contributed by atoms with van der Waals surface area (Å²) in [4.78, 5) is 12.0. The molecule has 2 aromatic heterocycles. The SMILES string of the molecule is C[C@H](NC(=O)Cc1nnc(-c2ccsc2)o1)c1ccc(F)cc1. The van der Waals surface area contributed by atoms with Crippen LogP contribution in [0.25, 0.3) is 11.5 Å². The van der Waals surface area contributed by atoms with Crippen LogP contribution in [0.15, 0.2) is 45.5 Å². The molecule has 0 saturated carbocycles. The Balaban J connectivity index is 1.60. The van der Waals surface area contributed by atoms with E-state index >= 15 is 0 Å². The quantitative estimate of drug-likeness (QED) is 0.778. The third kappa shape index (κ3) is 3.81. The lowest BCUT2D eigenvalue weighted by atomic mass is 10.1. The third-order valence-electron chi connectivity index (χ3n) is 3.29. The van der Waals surface area contributed by atoms with E-state index in [4.69, 9.17) is 4.42 Å². The van der Waals surface area contributed by atoms with Crippen molar-refractivity contribution in [3.05, 3.63) is 58.4 Å². The van der Waals surface area contributed by atoms with Crippen LogP contribution in [-0.4, -0.2) is 16.1 Å². The fourth-order valence-corrected chi connectivity index (χ4v) is 2.72. The minimum absolute atomic E-state index is 0.00265. The van der Waals surface area contributed by atoms with Crippen LogP contribution < -0.4 is 5.32 Å². The Morgan fingerprint density at radius 2 is 2.09 bits per heavy atom. The number of carbonyl (C=O) groups excluding carboxylic acids is 1. The third-order valence-corrected chi connectivity index (χ3v) is 3.98. The highest BCUT2D eigenvalue weighted by molar-refractivity contribution is 7.08. The van der Waals surface area contributed by atoms with Crippen LogP contribution in [0.1, 0.15) is 24.4 Å². The first-order valence-corrected chi connectivity index (χ1v) is 7.96. The molecule has 0 spiro atoms. The van der Waals surface area contributed by atoms with E-state index in [2.05, 4.69) is 15.5 Å². The van der Waals surface area contributed by atoms with Gasteiger partial charge < -0.3 is 9.73 Å². The zero-order valence-electron chi connectivity index (χ0n) is 12.3. The Bertz CT molecular complexity index is 784. The number of aromatic nitrogens is 2. The smallest absolute Gasteiger partial charge is 0.248 e. The number of nitrogens with zero attached hydrogens (tertiary/aromatic N) is 2. The fraction of sp³-hybridized carbons (Fsp3) is 0.188. The number of amides is 1. The first kappa shape index (κ1) is 15.4. The second-order valence-corrected chi connectivity index (χ2v) is 5.81. The average Bonchev–Trinajstić information content (AvgIpc) is 3.18. The van der Waals surface area contributed by atoms with Crippen molar-refractivity contribution in [2.75, 3.05) is 0 Å². The minimum Gasteiger partial charge on any atom is -0.420 e. The maximum Gasteiger partial charge on any atom is 0.248 e. The molecule has 0 bridgehead atoms. The molecule has 118 valence electrons. The monoisotopic (exact) mass is 331 g/mol. The molecule has 0 unspecified atom stereocenters. The molecule has 23 heavy (non-hydrogen) atoms. The highest BCUT2D eigenvalue weighted by Gasteiger charge is 2.15. The van der Waals surface area contributed by atoms with E-state index in [-0.39, 0.29) is 30.1 Å². The van der Waals surface area contributed by atoms with Gasteiger partial charge in [-0.2, -0.15) is 11.3 Å². The van der Waals surface area contributed by atoms with Crippen LogP contribution in [0.5, 0.6) is 0 Å². The van der Waals surface area contributed by atoms with Crippen molar-refractivity contribution in [1.82, 2.24) is 15.5 Å². The lowest BCUT2D eigenvalue weighted by Gasteiger charge is -2.13. The normalized spacial score (nSPS) is 12.1. The van der Waals surface area contributed by atoms with Crippen molar-refractivity contribution in [3.8, 4) is 11.5 Å². The molecule has 3 aromatic rings. The molecule has 0 aliphatic carbocycles. The van der Waals surface area contributed by atoms with Gasteiger partial charge in [-0.1, -0.05) is 12.1 Å². The predicted octanol–water partition coefficient (Wildman–Crippen LogP) is 3.36. The standard InChI is InChI=1S/C16H14FN3O2S/c1-10(11-2-4-13(17)5-3-11)18-14(21)8-15-19-20-16(22-15)12-6-7-23-9-12/h2-7,9-10H,8H2,1H3,(H,18,21)/t10-/m0/s1. The molecule has 1 N–H and O–H groups in total. The largest absolute Gasteiger partial charge is 0.420 e. The summed E-state index contributed by atoms with van der Waals surface area (Å²) in [6, 6.07) is 7.65. The Labute approximate surface area is 136 Å². The number of hydrogen-bond acceptors (Lipinski definition) is 5. The molecule has 0 radical (unpaired) electrons. The van der Waals surface area contributed by atoms with Gasteiger partial charge in [-0.3, -0.25) is 4.79 Å². The number of thiophene rings is 1. The zero-order valence-corrected chi connectivity index (χ0v) is 13.1. The summed E-state index contributed by atoms with van der Waals surface area (Å²) < 4.78 is 18.4. The first-order chi connectivity index (χ1) is 11.1.